The molecule has 12 nitrogen and oxygen atoms in total. The molecule has 3 aromatic rings. The van der Waals surface area contributed by atoms with Crippen molar-refractivity contribution in [3.05, 3.63) is 64.6 Å². The molecule has 41 heavy (non-hydrogen) atoms. The standard InChI is InChI=1S/C26H30F3N9O3/c1-40-15-19(30)17(12-31-9-16-10-33-26(34-11-16)37-7-3-4-8-37)25(39)32-13-18-21(5-6-22(41-2)23(18)27)38-14-20(24(28)29)35-36-38/h5-6,10-12,14,24H,3-4,7-9,13,15,30H2,1-2H3,(H,32,39). The Balaban J connectivity index is 1.50. The third-order valence-electron chi connectivity index (χ3n) is 6.28. The number of hydrogen-bond acceptors (Lipinski definition) is 10. The molecule has 1 fully saturated rings. The summed E-state index contributed by atoms with van der Waals surface area (Å²) in [4.78, 5) is 28.4. The van der Waals surface area contributed by atoms with Gasteiger partial charge >= 0.3 is 0 Å². The molecule has 15 heteroatoms. The number of carbonyl (C=O) groups is 1. The second kappa shape index (κ2) is 13.7. The minimum Gasteiger partial charge on any atom is -0.494 e. The average Bonchev–Trinajstić information content (AvgIpc) is 3.68. The molecule has 1 saturated heterocycles. The van der Waals surface area contributed by atoms with E-state index in [2.05, 4.69) is 35.5 Å². The molecular weight excluding hydrogens is 543 g/mol. The van der Waals surface area contributed by atoms with Crippen molar-refractivity contribution in [2.24, 2.45) is 10.7 Å². The second-order valence-electron chi connectivity index (χ2n) is 9.08. The summed E-state index contributed by atoms with van der Waals surface area (Å²) >= 11 is 0. The maximum atomic E-state index is 15.2. The molecule has 4 rings (SSSR count). The van der Waals surface area contributed by atoms with E-state index in [0.29, 0.717) is 5.95 Å². The van der Waals surface area contributed by atoms with Crippen molar-refractivity contribution in [2.45, 2.75) is 32.4 Å². The van der Waals surface area contributed by atoms with E-state index in [1.165, 1.54) is 32.6 Å². The molecule has 1 aliphatic rings. The van der Waals surface area contributed by atoms with Gasteiger partial charge in [0.1, 0.15) is 5.69 Å². The minimum atomic E-state index is -2.86. The molecule has 2 aromatic heterocycles. The summed E-state index contributed by atoms with van der Waals surface area (Å²) < 4.78 is 52.5. The fourth-order valence-corrected chi connectivity index (χ4v) is 4.16. The van der Waals surface area contributed by atoms with E-state index in [0.717, 1.165) is 42.4 Å². The number of methoxy groups -OCH3 is 2. The van der Waals surface area contributed by atoms with Crippen LogP contribution in [0.15, 0.2) is 47.0 Å². The molecule has 0 spiro atoms. The Bertz CT molecular complexity index is 1400. The number of ether oxygens (including phenoxy) is 2. The first-order chi connectivity index (χ1) is 19.8. The number of halogens is 3. The Morgan fingerprint density at radius 3 is 2.59 bits per heavy atom. The topological polar surface area (TPSA) is 146 Å². The molecule has 1 aliphatic heterocycles. The number of rotatable bonds is 12. The van der Waals surface area contributed by atoms with Gasteiger partial charge in [0.05, 0.1) is 37.7 Å². The van der Waals surface area contributed by atoms with Gasteiger partial charge in [0.2, 0.25) is 5.95 Å². The predicted octanol–water partition coefficient (Wildman–Crippen LogP) is 2.49. The van der Waals surface area contributed by atoms with Gasteiger partial charge in [-0.05, 0) is 25.0 Å². The zero-order valence-corrected chi connectivity index (χ0v) is 22.6. The number of anilines is 1. The number of aromatic nitrogens is 5. The Morgan fingerprint density at radius 2 is 1.95 bits per heavy atom. The highest BCUT2D eigenvalue weighted by atomic mass is 19.3. The van der Waals surface area contributed by atoms with E-state index >= 15 is 4.39 Å². The Hall–Kier alpha value is -4.53. The highest BCUT2D eigenvalue weighted by molar-refractivity contribution is 6.12. The second-order valence-corrected chi connectivity index (χ2v) is 9.08. The molecule has 0 radical (unpaired) electrons. The van der Waals surface area contributed by atoms with Gasteiger partial charge in [0.25, 0.3) is 12.3 Å². The first-order valence-corrected chi connectivity index (χ1v) is 12.7. The van der Waals surface area contributed by atoms with Crippen LogP contribution in [0.25, 0.3) is 5.69 Å². The highest BCUT2D eigenvalue weighted by Crippen LogP contribution is 2.27. The molecule has 1 aromatic carbocycles. The van der Waals surface area contributed by atoms with Crippen LogP contribution in [0.1, 0.15) is 36.1 Å². The van der Waals surface area contributed by atoms with Crippen LogP contribution in [0.3, 0.4) is 0 Å². The van der Waals surface area contributed by atoms with Gasteiger partial charge in [-0.15, -0.1) is 5.10 Å². The smallest absolute Gasteiger partial charge is 0.283 e. The summed E-state index contributed by atoms with van der Waals surface area (Å²) in [5.74, 6) is -0.911. The Kier molecular flexibility index (Phi) is 9.84. The zero-order valence-electron chi connectivity index (χ0n) is 22.6. The third-order valence-corrected chi connectivity index (χ3v) is 6.28. The zero-order chi connectivity index (χ0) is 29.4. The molecule has 218 valence electrons. The molecule has 0 saturated carbocycles. The number of nitrogens with zero attached hydrogens (tertiary/aromatic N) is 7. The summed E-state index contributed by atoms with van der Waals surface area (Å²) in [6, 6.07) is 2.73. The maximum absolute atomic E-state index is 15.2. The van der Waals surface area contributed by atoms with Crippen LogP contribution in [-0.2, 0) is 22.6 Å². The molecule has 1 amide bonds. The first kappa shape index (κ1) is 29.5. The van der Waals surface area contributed by atoms with Gasteiger partial charge in [-0.2, -0.15) is 0 Å². The molecule has 3 heterocycles. The van der Waals surface area contributed by atoms with E-state index in [-0.39, 0.29) is 48.0 Å². The van der Waals surface area contributed by atoms with Crippen molar-refractivity contribution < 1.29 is 27.4 Å². The molecule has 0 unspecified atom stereocenters. The quantitative estimate of drug-likeness (QED) is 0.247. The highest BCUT2D eigenvalue weighted by Gasteiger charge is 2.21. The van der Waals surface area contributed by atoms with Crippen molar-refractivity contribution in [3.8, 4) is 11.4 Å². The number of hydrogen-bond donors (Lipinski definition) is 2. The SMILES string of the molecule is COCC(N)=C(C=NCc1cnc(N2CCCC2)nc1)C(=O)NCc1c(-n2cc(C(F)F)nn2)ccc(OC)c1F. The van der Waals surface area contributed by atoms with E-state index in [1.807, 2.05) is 0 Å². The van der Waals surface area contributed by atoms with E-state index < -0.39 is 23.8 Å². The molecule has 3 N–H and O–H groups in total. The van der Waals surface area contributed by atoms with Gasteiger partial charge in [0.15, 0.2) is 11.6 Å². The van der Waals surface area contributed by atoms with Gasteiger partial charge in [-0.25, -0.2) is 27.8 Å². The predicted molar refractivity (Wildman–Crippen MR) is 143 cm³/mol. The van der Waals surface area contributed by atoms with Crippen LogP contribution in [0.5, 0.6) is 5.75 Å². The summed E-state index contributed by atoms with van der Waals surface area (Å²) in [5.41, 5.74) is 6.35. The van der Waals surface area contributed by atoms with Gasteiger partial charge in [-0.1, -0.05) is 5.21 Å². The summed E-state index contributed by atoms with van der Waals surface area (Å²) in [6.45, 7) is 1.62. The average molecular weight is 574 g/mol. The number of carbonyl (C=O) groups excluding carboxylic acids is 1. The number of benzene rings is 1. The fraction of sp³-hybridized carbons (Fsp3) is 0.385. The van der Waals surface area contributed by atoms with Crippen LogP contribution in [0.4, 0.5) is 19.1 Å². The number of aliphatic imine (C=N–C) groups is 1. The normalized spacial score (nSPS) is 14.1. The molecular formula is C26H30F3N9O3. The van der Waals surface area contributed by atoms with E-state index in [9.17, 15) is 13.6 Å². The first-order valence-electron chi connectivity index (χ1n) is 12.7. The van der Waals surface area contributed by atoms with Crippen LogP contribution >= 0.6 is 0 Å². The van der Waals surface area contributed by atoms with Crippen LogP contribution in [-0.4, -0.2) is 71.0 Å². The van der Waals surface area contributed by atoms with Crippen molar-refractivity contribution >= 4 is 18.1 Å². The van der Waals surface area contributed by atoms with Gasteiger partial charge in [-0.3, -0.25) is 9.79 Å². The van der Waals surface area contributed by atoms with Crippen LogP contribution in [0, 0.1) is 5.82 Å². The summed E-state index contributed by atoms with van der Waals surface area (Å²) in [6.07, 6.45) is 5.00. The third kappa shape index (κ3) is 7.16. The lowest BCUT2D eigenvalue weighted by molar-refractivity contribution is -0.117. The lowest BCUT2D eigenvalue weighted by atomic mass is 10.1. The van der Waals surface area contributed by atoms with Crippen molar-refractivity contribution in [1.82, 2.24) is 30.3 Å². The molecule has 0 atom stereocenters. The van der Waals surface area contributed by atoms with Crippen LogP contribution < -0.4 is 20.7 Å². The van der Waals surface area contributed by atoms with Gasteiger partial charge < -0.3 is 25.4 Å². The summed E-state index contributed by atoms with van der Waals surface area (Å²) in [5, 5.41) is 9.67. The lowest BCUT2D eigenvalue weighted by Gasteiger charge is -2.15. The number of nitrogens with one attached hydrogen (secondary N) is 1. The number of amides is 1. The van der Waals surface area contributed by atoms with Gasteiger partial charge in [0, 0.05) is 62.2 Å². The monoisotopic (exact) mass is 573 g/mol. The van der Waals surface area contributed by atoms with Crippen molar-refractivity contribution in [1.29, 1.82) is 0 Å². The number of nitrogens with two attached hydrogens (primary N) is 1. The maximum Gasteiger partial charge on any atom is 0.283 e. The summed E-state index contributed by atoms with van der Waals surface area (Å²) in [7, 11) is 2.70. The van der Waals surface area contributed by atoms with Crippen LogP contribution in [0.2, 0.25) is 0 Å². The fourth-order valence-electron chi connectivity index (χ4n) is 4.16. The molecule has 0 aliphatic carbocycles. The van der Waals surface area contributed by atoms with Crippen molar-refractivity contribution in [3.63, 3.8) is 0 Å². The Morgan fingerprint density at radius 1 is 1.22 bits per heavy atom. The minimum absolute atomic E-state index is 0.00653. The number of alkyl halides is 2. The van der Waals surface area contributed by atoms with E-state index in [1.54, 1.807) is 12.4 Å². The largest absolute Gasteiger partial charge is 0.494 e. The lowest BCUT2D eigenvalue weighted by Crippen LogP contribution is -2.29. The molecule has 0 bridgehead atoms. The van der Waals surface area contributed by atoms with E-state index in [4.69, 9.17) is 15.2 Å². The van der Waals surface area contributed by atoms with Crippen molar-refractivity contribution in [2.75, 3.05) is 38.8 Å². The Labute approximate surface area is 234 Å².